The third kappa shape index (κ3) is 4.00. The van der Waals surface area contributed by atoms with E-state index in [1.807, 2.05) is 6.07 Å². The van der Waals surface area contributed by atoms with Gasteiger partial charge >= 0.3 is 0 Å². The van der Waals surface area contributed by atoms with Gasteiger partial charge in [0.15, 0.2) is 9.84 Å². The van der Waals surface area contributed by atoms with Gasteiger partial charge in [-0.05, 0) is 34.1 Å². The molecule has 1 aliphatic rings. The molecule has 0 aliphatic carbocycles. The predicted molar refractivity (Wildman–Crippen MR) is 73.7 cm³/mol. The molecule has 1 aromatic heterocycles. The Balaban J connectivity index is 2.07. The van der Waals surface area contributed by atoms with Crippen molar-refractivity contribution in [1.82, 2.24) is 10.5 Å². The van der Waals surface area contributed by atoms with E-state index in [-0.39, 0.29) is 18.1 Å². The summed E-state index contributed by atoms with van der Waals surface area (Å²) >= 11 is 3.29. The van der Waals surface area contributed by atoms with E-state index >= 15 is 0 Å². The molecule has 0 radical (unpaired) electrons. The molecule has 2 heterocycles. The second-order valence-corrected chi connectivity index (χ2v) is 7.18. The number of pyridine rings is 1. The molecule has 1 aromatic rings. The minimum Gasteiger partial charge on any atom is -0.395 e. The first-order valence-corrected chi connectivity index (χ1v) is 8.18. The van der Waals surface area contributed by atoms with E-state index in [9.17, 15) is 8.42 Å². The lowest BCUT2D eigenvalue weighted by Gasteiger charge is -2.07. The van der Waals surface area contributed by atoms with Crippen LogP contribution in [0.2, 0.25) is 0 Å². The van der Waals surface area contributed by atoms with Crippen LogP contribution in [-0.4, -0.2) is 42.7 Å². The number of aliphatic hydroxyl groups is 1. The Kier molecular flexibility index (Phi) is 4.56. The Morgan fingerprint density at radius 2 is 2.26 bits per heavy atom. The van der Waals surface area contributed by atoms with Gasteiger partial charge in [0, 0.05) is 10.7 Å². The molecule has 1 atom stereocenters. The monoisotopic (exact) mass is 348 g/mol. The second kappa shape index (κ2) is 6.00. The second-order valence-electron chi connectivity index (χ2n) is 4.04. The normalized spacial score (nSPS) is 19.1. The Morgan fingerprint density at radius 3 is 2.89 bits per heavy atom. The third-order valence-corrected chi connectivity index (χ3v) is 4.61. The highest BCUT2D eigenvalue weighted by molar-refractivity contribution is 9.10. The lowest BCUT2D eigenvalue weighted by atomic mass is 10.2. The van der Waals surface area contributed by atoms with Crippen molar-refractivity contribution in [3.63, 3.8) is 0 Å². The highest BCUT2D eigenvalue weighted by Crippen LogP contribution is 2.19. The van der Waals surface area contributed by atoms with Crippen molar-refractivity contribution >= 4 is 31.5 Å². The van der Waals surface area contributed by atoms with Gasteiger partial charge in [-0.3, -0.25) is 15.3 Å². The summed E-state index contributed by atoms with van der Waals surface area (Å²) in [5.74, 6) is -0.423. The van der Waals surface area contributed by atoms with E-state index in [4.69, 9.17) is 9.94 Å². The molecule has 0 saturated heterocycles. The van der Waals surface area contributed by atoms with Crippen LogP contribution < -0.4 is 5.48 Å². The molecule has 1 aliphatic heterocycles. The van der Waals surface area contributed by atoms with Gasteiger partial charge in [0.1, 0.15) is 6.10 Å². The molecule has 0 fully saturated rings. The smallest absolute Gasteiger partial charge is 0.155 e. The summed E-state index contributed by atoms with van der Waals surface area (Å²) in [6, 6.07) is 3.62. The standard InChI is InChI=1S/C11H13BrN2O4S/c12-8-1-2-10(13-6-8)11-5-9(18-14-11)7-19(16,17)4-3-15/h1-2,5-6,9,14-15H,3-4,7H2. The quantitative estimate of drug-likeness (QED) is 0.805. The maximum atomic E-state index is 11.6. The van der Waals surface area contributed by atoms with Crippen LogP contribution in [0.25, 0.3) is 5.70 Å². The summed E-state index contributed by atoms with van der Waals surface area (Å²) in [7, 11) is -3.31. The zero-order valence-corrected chi connectivity index (χ0v) is 12.3. The van der Waals surface area contributed by atoms with Gasteiger partial charge in [0.25, 0.3) is 0 Å². The fourth-order valence-corrected chi connectivity index (χ4v) is 2.96. The largest absolute Gasteiger partial charge is 0.395 e. The summed E-state index contributed by atoms with van der Waals surface area (Å²) in [5.41, 5.74) is 3.97. The van der Waals surface area contributed by atoms with Gasteiger partial charge in [-0.2, -0.15) is 0 Å². The Labute approximate surface area is 119 Å². The van der Waals surface area contributed by atoms with E-state index in [0.29, 0.717) is 11.4 Å². The predicted octanol–water partition coefficient (Wildman–Crippen LogP) is 0.496. The molecular weight excluding hydrogens is 336 g/mol. The average molecular weight is 349 g/mol. The van der Waals surface area contributed by atoms with E-state index < -0.39 is 15.9 Å². The zero-order valence-electron chi connectivity index (χ0n) is 9.91. The number of halogens is 1. The number of rotatable bonds is 5. The summed E-state index contributed by atoms with van der Waals surface area (Å²) in [6.45, 7) is -0.382. The molecule has 0 amide bonds. The number of hydroxylamine groups is 1. The molecule has 0 aromatic carbocycles. The molecule has 1 unspecified atom stereocenters. The van der Waals surface area contributed by atoms with Gasteiger partial charge in [-0.15, -0.1) is 0 Å². The fourth-order valence-electron chi connectivity index (χ4n) is 1.62. The lowest BCUT2D eigenvalue weighted by molar-refractivity contribution is 0.0640. The molecule has 0 saturated carbocycles. The first-order chi connectivity index (χ1) is 9.00. The van der Waals surface area contributed by atoms with Crippen molar-refractivity contribution < 1.29 is 18.4 Å². The molecule has 2 N–H and O–H groups in total. The van der Waals surface area contributed by atoms with Crippen LogP contribution in [0, 0.1) is 0 Å². The minimum absolute atomic E-state index is 0.166. The highest BCUT2D eigenvalue weighted by Gasteiger charge is 2.24. The third-order valence-electron chi connectivity index (χ3n) is 2.50. The molecule has 2 rings (SSSR count). The van der Waals surface area contributed by atoms with E-state index in [1.54, 1.807) is 18.3 Å². The van der Waals surface area contributed by atoms with Crippen LogP contribution in [0.1, 0.15) is 5.69 Å². The maximum absolute atomic E-state index is 11.6. The number of nitrogens with zero attached hydrogens (tertiary/aromatic N) is 1. The van der Waals surface area contributed by atoms with E-state index in [1.165, 1.54) is 0 Å². The maximum Gasteiger partial charge on any atom is 0.155 e. The van der Waals surface area contributed by atoms with Gasteiger partial charge in [0.05, 0.1) is 29.5 Å². The summed E-state index contributed by atoms with van der Waals surface area (Å²) < 4.78 is 24.0. The topological polar surface area (TPSA) is 88.5 Å². The van der Waals surface area contributed by atoms with Gasteiger partial charge in [-0.1, -0.05) is 0 Å². The molecule has 104 valence electrons. The zero-order chi connectivity index (χ0) is 13.9. The summed E-state index contributed by atoms with van der Waals surface area (Å²) in [6.07, 6.45) is 2.75. The van der Waals surface area contributed by atoms with Crippen LogP contribution in [0.3, 0.4) is 0 Å². The molecular formula is C11H13BrN2O4S. The van der Waals surface area contributed by atoms with E-state index in [2.05, 4.69) is 26.4 Å². The number of hydrogen-bond donors (Lipinski definition) is 2. The SMILES string of the molecule is O=S(=O)(CCO)CC1C=C(c2ccc(Br)cn2)NO1. The van der Waals surface area contributed by atoms with Crippen LogP contribution in [0.4, 0.5) is 0 Å². The molecule has 8 heteroatoms. The average Bonchev–Trinajstić information content (AvgIpc) is 2.77. The van der Waals surface area contributed by atoms with E-state index in [0.717, 1.165) is 4.47 Å². The highest BCUT2D eigenvalue weighted by atomic mass is 79.9. The Hall–Kier alpha value is -0.960. The van der Waals surface area contributed by atoms with Crippen molar-refractivity contribution in [1.29, 1.82) is 0 Å². The summed E-state index contributed by atoms with van der Waals surface area (Å²) in [5, 5.41) is 8.67. The Morgan fingerprint density at radius 1 is 1.47 bits per heavy atom. The Bertz CT molecular complexity index is 571. The molecule has 19 heavy (non-hydrogen) atoms. The number of nitrogens with one attached hydrogen (secondary N) is 1. The van der Waals surface area contributed by atoms with Crippen LogP contribution in [0.15, 0.2) is 28.9 Å². The van der Waals surface area contributed by atoms with Crippen molar-refractivity contribution in [3.05, 3.63) is 34.6 Å². The van der Waals surface area contributed by atoms with Crippen molar-refractivity contribution in [3.8, 4) is 0 Å². The van der Waals surface area contributed by atoms with Gasteiger partial charge < -0.3 is 5.11 Å². The lowest BCUT2D eigenvalue weighted by Crippen LogP contribution is -2.25. The van der Waals surface area contributed by atoms with Crippen LogP contribution >= 0.6 is 15.9 Å². The minimum atomic E-state index is -3.31. The molecule has 0 spiro atoms. The van der Waals surface area contributed by atoms with Gasteiger partial charge in [0.2, 0.25) is 0 Å². The number of hydrogen-bond acceptors (Lipinski definition) is 6. The molecule has 6 nitrogen and oxygen atoms in total. The van der Waals surface area contributed by atoms with Crippen LogP contribution in [0.5, 0.6) is 0 Å². The van der Waals surface area contributed by atoms with Crippen LogP contribution in [-0.2, 0) is 14.7 Å². The summed E-state index contributed by atoms with van der Waals surface area (Å²) in [4.78, 5) is 9.36. The first-order valence-electron chi connectivity index (χ1n) is 5.57. The van der Waals surface area contributed by atoms with Crippen molar-refractivity contribution in [2.75, 3.05) is 18.1 Å². The number of aromatic nitrogens is 1. The number of sulfone groups is 1. The first kappa shape index (κ1) is 14.4. The molecule has 0 bridgehead atoms. The van der Waals surface area contributed by atoms with Crippen molar-refractivity contribution in [2.24, 2.45) is 0 Å². The van der Waals surface area contributed by atoms with Crippen molar-refractivity contribution in [2.45, 2.75) is 6.10 Å². The fraction of sp³-hybridized carbons (Fsp3) is 0.364. The number of aliphatic hydroxyl groups excluding tert-OH is 1. The van der Waals surface area contributed by atoms with Gasteiger partial charge in [-0.25, -0.2) is 8.42 Å².